The van der Waals surface area contributed by atoms with Gasteiger partial charge in [0.15, 0.2) is 0 Å². The number of amides is 3. The Hall–Kier alpha value is -5.68. The lowest BCUT2D eigenvalue weighted by molar-refractivity contribution is -0.115. The summed E-state index contributed by atoms with van der Waals surface area (Å²) in [7, 11) is 1.76. The first-order valence-electron chi connectivity index (χ1n) is 14.7. The summed E-state index contributed by atoms with van der Waals surface area (Å²) in [6.07, 6.45) is 1.28. The van der Waals surface area contributed by atoms with E-state index in [1.54, 1.807) is 86.2 Å². The largest absolute Gasteiger partial charge is 0.321 e. The zero-order chi connectivity index (χ0) is 33.5. The van der Waals surface area contributed by atoms with Gasteiger partial charge in [0.1, 0.15) is 17.2 Å². The summed E-state index contributed by atoms with van der Waals surface area (Å²) in [5.41, 5.74) is 1.94. The van der Waals surface area contributed by atoms with E-state index in [-0.39, 0.29) is 28.4 Å². The SMILES string of the molecule is Cc1c(NC(=O)C(C)Sc2ccc(NC(=O)/C(=C/c3ccccc3F)NC(=O)c3ccccc3)cc2)c(=O)n(-c2ccccc2)n1C. The van der Waals surface area contributed by atoms with Crippen LogP contribution in [0.1, 0.15) is 28.5 Å². The third kappa shape index (κ3) is 7.77. The Balaban J connectivity index is 1.26. The van der Waals surface area contributed by atoms with E-state index in [0.29, 0.717) is 22.6 Å². The van der Waals surface area contributed by atoms with Gasteiger partial charge in [-0.2, -0.15) is 0 Å². The van der Waals surface area contributed by atoms with E-state index in [9.17, 15) is 23.6 Å². The van der Waals surface area contributed by atoms with Crippen molar-refractivity contribution in [3.8, 4) is 5.69 Å². The van der Waals surface area contributed by atoms with E-state index < -0.39 is 22.9 Å². The van der Waals surface area contributed by atoms with E-state index >= 15 is 0 Å². The molecule has 0 aliphatic heterocycles. The van der Waals surface area contributed by atoms with Crippen molar-refractivity contribution in [1.29, 1.82) is 0 Å². The van der Waals surface area contributed by atoms with E-state index in [0.717, 1.165) is 4.90 Å². The van der Waals surface area contributed by atoms with E-state index in [1.807, 2.05) is 30.3 Å². The molecule has 0 radical (unpaired) electrons. The summed E-state index contributed by atoms with van der Waals surface area (Å²) in [6.45, 7) is 3.50. The molecule has 238 valence electrons. The monoisotopic (exact) mass is 649 g/mol. The zero-order valence-electron chi connectivity index (χ0n) is 25.9. The van der Waals surface area contributed by atoms with Crippen molar-refractivity contribution >= 4 is 46.9 Å². The molecule has 5 aromatic rings. The lowest BCUT2D eigenvalue weighted by Gasteiger charge is -2.13. The van der Waals surface area contributed by atoms with Crippen molar-refractivity contribution in [2.75, 3.05) is 10.6 Å². The molecule has 5 rings (SSSR count). The number of thioether (sulfide) groups is 1. The van der Waals surface area contributed by atoms with Crippen LogP contribution in [-0.4, -0.2) is 32.3 Å². The molecule has 1 heterocycles. The van der Waals surface area contributed by atoms with Gasteiger partial charge >= 0.3 is 0 Å². The first kappa shape index (κ1) is 32.7. The van der Waals surface area contributed by atoms with Gasteiger partial charge in [-0.15, -0.1) is 11.8 Å². The Morgan fingerprint density at radius 2 is 1.45 bits per heavy atom. The van der Waals surface area contributed by atoms with Crippen LogP contribution in [0.15, 0.2) is 125 Å². The van der Waals surface area contributed by atoms with Crippen LogP contribution in [0.25, 0.3) is 11.8 Å². The summed E-state index contributed by atoms with van der Waals surface area (Å²) >= 11 is 1.28. The first-order valence-corrected chi connectivity index (χ1v) is 15.6. The van der Waals surface area contributed by atoms with Crippen LogP contribution in [0.5, 0.6) is 0 Å². The molecule has 0 bridgehead atoms. The molecule has 0 saturated heterocycles. The molecule has 1 unspecified atom stereocenters. The van der Waals surface area contributed by atoms with Crippen LogP contribution in [0.4, 0.5) is 15.8 Å². The van der Waals surface area contributed by atoms with E-state index in [1.165, 1.54) is 40.7 Å². The van der Waals surface area contributed by atoms with Gasteiger partial charge < -0.3 is 16.0 Å². The van der Waals surface area contributed by atoms with Crippen molar-refractivity contribution in [2.24, 2.45) is 7.05 Å². The van der Waals surface area contributed by atoms with Crippen molar-refractivity contribution in [1.82, 2.24) is 14.7 Å². The minimum absolute atomic E-state index is 0.134. The molecule has 1 atom stereocenters. The Morgan fingerprint density at radius 3 is 2.11 bits per heavy atom. The second kappa shape index (κ2) is 14.6. The zero-order valence-corrected chi connectivity index (χ0v) is 26.7. The molecule has 4 aromatic carbocycles. The molecule has 0 spiro atoms. The normalized spacial score (nSPS) is 11.9. The Morgan fingerprint density at radius 1 is 0.830 bits per heavy atom. The number of anilines is 2. The maximum atomic E-state index is 14.4. The molecule has 0 fully saturated rings. The molecular formula is C36H32FN5O4S. The van der Waals surface area contributed by atoms with Gasteiger partial charge in [-0.25, -0.2) is 9.07 Å². The number of halogens is 1. The average molecular weight is 650 g/mol. The van der Waals surface area contributed by atoms with Crippen molar-refractivity contribution in [3.63, 3.8) is 0 Å². The van der Waals surface area contributed by atoms with Gasteiger partial charge in [0.2, 0.25) is 5.91 Å². The number of hydrogen-bond donors (Lipinski definition) is 3. The molecule has 3 amide bonds. The highest BCUT2D eigenvalue weighted by Gasteiger charge is 2.22. The molecule has 0 aliphatic rings. The van der Waals surface area contributed by atoms with Gasteiger partial charge in [-0.1, -0.05) is 54.6 Å². The number of nitrogens with one attached hydrogen (secondary N) is 3. The van der Waals surface area contributed by atoms with Gasteiger partial charge in [0, 0.05) is 28.8 Å². The number of aromatic nitrogens is 2. The number of carbonyl (C=O) groups excluding carboxylic acids is 3. The molecule has 0 saturated carbocycles. The first-order chi connectivity index (χ1) is 22.6. The Labute approximate surface area is 275 Å². The third-order valence-corrected chi connectivity index (χ3v) is 8.44. The van der Waals surface area contributed by atoms with Crippen LogP contribution in [0.3, 0.4) is 0 Å². The predicted molar refractivity (Wildman–Crippen MR) is 183 cm³/mol. The number of hydrogen-bond acceptors (Lipinski definition) is 5. The third-order valence-electron chi connectivity index (χ3n) is 7.33. The number of benzene rings is 4. The molecule has 47 heavy (non-hydrogen) atoms. The highest BCUT2D eigenvalue weighted by atomic mass is 32.2. The van der Waals surface area contributed by atoms with Gasteiger partial charge in [-0.3, -0.25) is 23.9 Å². The highest BCUT2D eigenvalue weighted by Crippen LogP contribution is 2.26. The second-order valence-corrected chi connectivity index (χ2v) is 12.0. The Bertz CT molecular complexity index is 2010. The van der Waals surface area contributed by atoms with E-state index in [2.05, 4.69) is 16.0 Å². The lowest BCUT2D eigenvalue weighted by Crippen LogP contribution is -2.30. The fourth-order valence-corrected chi connectivity index (χ4v) is 5.57. The fourth-order valence-electron chi connectivity index (χ4n) is 4.70. The smallest absolute Gasteiger partial charge is 0.295 e. The maximum absolute atomic E-state index is 14.4. The summed E-state index contributed by atoms with van der Waals surface area (Å²) in [4.78, 5) is 53.2. The molecule has 1 aromatic heterocycles. The standard InChI is InChI=1S/C36H32FN5O4S/c1-23-32(36(46)42(41(23)3)28-15-8-5-9-16-28)40-33(43)24(2)47-29-20-18-27(19-21-29)38-35(45)31(22-26-14-10-11-17-30(26)37)39-34(44)25-12-6-4-7-13-25/h4-22,24H,1-3H3,(H,38,45)(H,39,44)(H,40,43)/b31-22-. The molecule has 9 nitrogen and oxygen atoms in total. The number of rotatable bonds is 10. The fraction of sp³-hybridized carbons (Fsp3) is 0.111. The second-order valence-electron chi connectivity index (χ2n) is 10.6. The minimum atomic E-state index is -0.648. The van der Waals surface area contributed by atoms with Crippen molar-refractivity contribution in [2.45, 2.75) is 24.0 Å². The van der Waals surface area contributed by atoms with Gasteiger partial charge in [0.05, 0.1) is 16.6 Å². The number of para-hydroxylation sites is 1. The predicted octanol–water partition coefficient (Wildman–Crippen LogP) is 6.15. The maximum Gasteiger partial charge on any atom is 0.295 e. The number of nitrogens with zero attached hydrogens (tertiary/aromatic N) is 2. The summed E-state index contributed by atoms with van der Waals surface area (Å²) in [6, 6.07) is 30.3. The summed E-state index contributed by atoms with van der Waals surface area (Å²) in [5, 5.41) is 7.57. The quantitative estimate of drug-likeness (QED) is 0.124. The summed E-state index contributed by atoms with van der Waals surface area (Å²) in [5.74, 6) is -2.05. The van der Waals surface area contributed by atoms with Crippen LogP contribution in [0, 0.1) is 12.7 Å². The Kier molecular flexibility index (Phi) is 10.2. The number of carbonyl (C=O) groups is 3. The molecule has 11 heteroatoms. The lowest BCUT2D eigenvalue weighted by atomic mass is 10.1. The van der Waals surface area contributed by atoms with Crippen LogP contribution >= 0.6 is 11.8 Å². The van der Waals surface area contributed by atoms with Crippen LogP contribution in [0.2, 0.25) is 0 Å². The van der Waals surface area contributed by atoms with Crippen molar-refractivity contribution < 1.29 is 18.8 Å². The minimum Gasteiger partial charge on any atom is -0.321 e. The topological polar surface area (TPSA) is 114 Å². The van der Waals surface area contributed by atoms with Crippen molar-refractivity contribution in [3.05, 3.63) is 148 Å². The summed E-state index contributed by atoms with van der Waals surface area (Å²) < 4.78 is 17.6. The van der Waals surface area contributed by atoms with Gasteiger partial charge in [-0.05, 0) is 74.5 Å². The van der Waals surface area contributed by atoms with Gasteiger partial charge in [0.25, 0.3) is 17.4 Å². The molecular weight excluding hydrogens is 617 g/mol. The molecule has 3 N–H and O–H groups in total. The van der Waals surface area contributed by atoms with Crippen LogP contribution in [-0.2, 0) is 16.6 Å². The van der Waals surface area contributed by atoms with Crippen LogP contribution < -0.4 is 21.5 Å². The van der Waals surface area contributed by atoms with E-state index in [4.69, 9.17) is 0 Å². The average Bonchev–Trinajstić information content (AvgIpc) is 3.29. The highest BCUT2D eigenvalue weighted by molar-refractivity contribution is 8.00. The molecule has 0 aliphatic carbocycles.